The van der Waals surface area contributed by atoms with Gasteiger partial charge in [0, 0.05) is 14.0 Å². The van der Waals surface area contributed by atoms with Gasteiger partial charge in [-0.2, -0.15) is 0 Å². The van der Waals surface area contributed by atoms with Crippen LogP contribution in [0.1, 0.15) is 16.5 Å². The summed E-state index contributed by atoms with van der Waals surface area (Å²) in [6, 6.07) is 7.57. The first-order valence-corrected chi connectivity index (χ1v) is 7.60. The van der Waals surface area contributed by atoms with Crippen molar-refractivity contribution >= 4 is 56.5 Å². The summed E-state index contributed by atoms with van der Waals surface area (Å²) in [5.41, 5.74) is 6.93. The van der Waals surface area contributed by atoms with Gasteiger partial charge in [-0.15, -0.1) is 11.3 Å². The topological polar surface area (TPSA) is 46.2 Å². The predicted octanol–water partition coefficient (Wildman–Crippen LogP) is 3.71. The SMILES string of the molecule is N[C@@H](c1cccs1)c1cc(I)cc(I)c1O. The molecule has 5 heteroatoms. The zero-order valence-corrected chi connectivity index (χ0v) is 13.3. The second-order valence-electron chi connectivity index (χ2n) is 3.32. The second kappa shape index (κ2) is 5.19. The molecule has 2 nitrogen and oxygen atoms in total. The van der Waals surface area contributed by atoms with E-state index in [0.717, 1.165) is 17.6 Å². The van der Waals surface area contributed by atoms with Crippen LogP contribution in [0.2, 0.25) is 0 Å². The second-order valence-corrected chi connectivity index (χ2v) is 6.71. The highest BCUT2D eigenvalue weighted by molar-refractivity contribution is 14.1. The van der Waals surface area contributed by atoms with Crippen molar-refractivity contribution in [1.82, 2.24) is 0 Å². The molecule has 3 N–H and O–H groups in total. The van der Waals surface area contributed by atoms with Gasteiger partial charge < -0.3 is 10.8 Å². The molecule has 0 radical (unpaired) electrons. The monoisotopic (exact) mass is 457 g/mol. The van der Waals surface area contributed by atoms with Gasteiger partial charge in [-0.3, -0.25) is 0 Å². The van der Waals surface area contributed by atoms with E-state index in [1.165, 1.54) is 0 Å². The molecule has 1 aromatic heterocycles. The van der Waals surface area contributed by atoms with Crippen LogP contribution in [0.5, 0.6) is 5.75 Å². The van der Waals surface area contributed by atoms with Gasteiger partial charge >= 0.3 is 0 Å². The molecule has 2 rings (SSSR count). The van der Waals surface area contributed by atoms with E-state index in [1.54, 1.807) is 11.3 Å². The Labute approximate surface area is 125 Å². The van der Waals surface area contributed by atoms with Crippen molar-refractivity contribution in [3.05, 3.63) is 47.2 Å². The van der Waals surface area contributed by atoms with E-state index in [-0.39, 0.29) is 6.04 Å². The summed E-state index contributed by atoms with van der Waals surface area (Å²) >= 11 is 5.96. The number of hydrogen-bond donors (Lipinski definition) is 2. The minimum atomic E-state index is -0.247. The van der Waals surface area contributed by atoms with Gasteiger partial charge in [-0.1, -0.05) is 6.07 Å². The molecule has 0 bridgehead atoms. The molecule has 0 aliphatic heterocycles. The van der Waals surface area contributed by atoms with Crippen LogP contribution in [0.25, 0.3) is 0 Å². The molecule has 0 unspecified atom stereocenters. The molecule has 0 aliphatic rings. The van der Waals surface area contributed by atoms with Crippen LogP contribution in [-0.2, 0) is 0 Å². The Morgan fingerprint density at radius 1 is 1.31 bits per heavy atom. The lowest BCUT2D eigenvalue weighted by molar-refractivity contribution is 0.461. The number of phenols is 1. The van der Waals surface area contributed by atoms with E-state index in [4.69, 9.17) is 5.73 Å². The van der Waals surface area contributed by atoms with Gasteiger partial charge in [0.25, 0.3) is 0 Å². The molecule has 0 spiro atoms. The van der Waals surface area contributed by atoms with Gasteiger partial charge in [0.1, 0.15) is 5.75 Å². The summed E-state index contributed by atoms with van der Waals surface area (Å²) in [6.45, 7) is 0. The third-order valence-electron chi connectivity index (χ3n) is 2.24. The maximum absolute atomic E-state index is 10.0. The molecule has 0 amide bonds. The van der Waals surface area contributed by atoms with Crippen LogP contribution in [-0.4, -0.2) is 5.11 Å². The van der Waals surface area contributed by atoms with Gasteiger partial charge in [-0.05, 0) is 68.8 Å². The zero-order chi connectivity index (χ0) is 11.7. The Bertz CT molecular complexity index is 499. The van der Waals surface area contributed by atoms with Crippen molar-refractivity contribution in [1.29, 1.82) is 0 Å². The Morgan fingerprint density at radius 2 is 2.06 bits per heavy atom. The van der Waals surface area contributed by atoms with Gasteiger partial charge in [0.05, 0.1) is 9.61 Å². The number of nitrogens with two attached hydrogens (primary N) is 1. The largest absolute Gasteiger partial charge is 0.506 e. The Kier molecular flexibility index (Phi) is 4.09. The van der Waals surface area contributed by atoms with Crippen molar-refractivity contribution in [3.8, 4) is 5.75 Å². The zero-order valence-electron chi connectivity index (χ0n) is 8.15. The van der Waals surface area contributed by atoms with Crippen LogP contribution >= 0.6 is 56.5 Å². The van der Waals surface area contributed by atoms with E-state index in [1.807, 2.05) is 29.6 Å². The fourth-order valence-corrected chi connectivity index (χ4v) is 4.08. The first kappa shape index (κ1) is 12.6. The average molecular weight is 457 g/mol. The summed E-state index contributed by atoms with van der Waals surface area (Å²) in [5, 5.41) is 12.0. The maximum atomic E-state index is 10.0. The summed E-state index contributed by atoms with van der Waals surface area (Å²) in [6.07, 6.45) is 0. The Hall–Kier alpha value is 0.140. The smallest absolute Gasteiger partial charge is 0.134 e. The number of aromatic hydroxyl groups is 1. The average Bonchev–Trinajstić information content (AvgIpc) is 2.75. The molecule has 0 saturated heterocycles. The fourth-order valence-electron chi connectivity index (χ4n) is 1.44. The van der Waals surface area contributed by atoms with Crippen molar-refractivity contribution < 1.29 is 5.11 Å². The lowest BCUT2D eigenvalue weighted by Crippen LogP contribution is -2.11. The van der Waals surface area contributed by atoms with E-state index in [2.05, 4.69) is 45.2 Å². The molecule has 1 heterocycles. The standard InChI is InChI=1S/C11H9I2NOS/c12-6-4-7(11(15)8(13)5-6)10(14)9-2-1-3-16-9/h1-5,10,15H,14H2/t10-/m1/s1. The summed E-state index contributed by atoms with van der Waals surface area (Å²) in [4.78, 5) is 1.06. The molecule has 84 valence electrons. The van der Waals surface area contributed by atoms with Gasteiger partial charge in [0.2, 0.25) is 0 Å². The molecule has 2 aromatic rings. The molecule has 0 fully saturated rings. The molecule has 0 aliphatic carbocycles. The van der Waals surface area contributed by atoms with Crippen LogP contribution in [0.15, 0.2) is 29.6 Å². The van der Waals surface area contributed by atoms with Crippen LogP contribution < -0.4 is 5.73 Å². The van der Waals surface area contributed by atoms with Crippen molar-refractivity contribution in [2.24, 2.45) is 5.73 Å². The first-order valence-electron chi connectivity index (χ1n) is 4.56. The molecule has 1 aromatic carbocycles. The lowest BCUT2D eigenvalue weighted by Gasteiger charge is -2.13. The highest BCUT2D eigenvalue weighted by atomic mass is 127. The maximum Gasteiger partial charge on any atom is 0.134 e. The molecule has 0 saturated carbocycles. The number of rotatable bonds is 2. The quantitative estimate of drug-likeness (QED) is 0.676. The third-order valence-corrected chi connectivity index (χ3v) is 4.64. The Morgan fingerprint density at radius 3 is 2.69 bits per heavy atom. The summed E-state index contributed by atoms with van der Waals surface area (Å²) in [7, 11) is 0. The molecule has 1 atom stereocenters. The van der Waals surface area contributed by atoms with E-state index < -0.39 is 0 Å². The fraction of sp³-hybridized carbons (Fsp3) is 0.0909. The van der Waals surface area contributed by atoms with E-state index >= 15 is 0 Å². The Balaban J connectivity index is 2.48. The third kappa shape index (κ3) is 2.52. The number of benzene rings is 1. The predicted molar refractivity (Wildman–Crippen MR) is 83.9 cm³/mol. The summed E-state index contributed by atoms with van der Waals surface area (Å²) < 4.78 is 1.92. The lowest BCUT2D eigenvalue weighted by atomic mass is 10.1. The van der Waals surface area contributed by atoms with Crippen LogP contribution in [0.3, 0.4) is 0 Å². The molecular formula is C11H9I2NOS. The van der Waals surface area contributed by atoms with Gasteiger partial charge in [0.15, 0.2) is 0 Å². The minimum Gasteiger partial charge on any atom is -0.506 e. The van der Waals surface area contributed by atoms with Crippen molar-refractivity contribution in [2.45, 2.75) is 6.04 Å². The van der Waals surface area contributed by atoms with Crippen molar-refractivity contribution in [3.63, 3.8) is 0 Å². The van der Waals surface area contributed by atoms with E-state index in [0.29, 0.717) is 5.75 Å². The molecule has 16 heavy (non-hydrogen) atoms. The number of phenolic OH excluding ortho intramolecular Hbond substituents is 1. The summed E-state index contributed by atoms with van der Waals surface area (Å²) in [5.74, 6) is 0.293. The molecular weight excluding hydrogens is 448 g/mol. The van der Waals surface area contributed by atoms with Gasteiger partial charge in [-0.25, -0.2) is 0 Å². The first-order chi connectivity index (χ1) is 7.59. The van der Waals surface area contributed by atoms with Crippen LogP contribution in [0, 0.1) is 7.14 Å². The highest BCUT2D eigenvalue weighted by Crippen LogP contribution is 2.34. The van der Waals surface area contributed by atoms with E-state index in [9.17, 15) is 5.11 Å². The minimum absolute atomic E-state index is 0.247. The normalized spacial score (nSPS) is 12.7. The number of thiophene rings is 1. The highest BCUT2D eigenvalue weighted by Gasteiger charge is 2.16. The number of halogens is 2. The van der Waals surface area contributed by atoms with Crippen LogP contribution in [0.4, 0.5) is 0 Å². The van der Waals surface area contributed by atoms with Crippen molar-refractivity contribution in [2.75, 3.05) is 0 Å². The number of hydrogen-bond acceptors (Lipinski definition) is 3.